The molecule has 1 aromatic rings. The van der Waals surface area contributed by atoms with Gasteiger partial charge in [0.25, 0.3) is 0 Å². The van der Waals surface area contributed by atoms with E-state index in [1.54, 1.807) is 27.2 Å². The van der Waals surface area contributed by atoms with Crippen LogP contribution in [0, 0.1) is 12.8 Å². The molecule has 0 aliphatic heterocycles. The molecule has 17 heavy (non-hydrogen) atoms. The summed E-state index contributed by atoms with van der Waals surface area (Å²) in [5.74, 6) is 0.193. The van der Waals surface area contributed by atoms with Gasteiger partial charge < -0.3 is 14.6 Å². The molecule has 0 spiro atoms. The quantitative estimate of drug-likeness (QED) is 0.855. The van der Waals surface area contributed by atoms with Crippen LogP contribution in [-0.4, -0.2) is 25.3 Å². The predicted octanol–water partition coefficient (Wildman–Crippen LogP) is 2.28. The van der Waals surface area contributed by atoms with Crippen LogP contribution in [0.1, 0.15) is 18.1 Å². The standard InChI is InChI=1S/C13H18O4/c1-8(13(14)15)7-10-9(2)11(16-3)5-6-12(10)17-4/h5-6,8H,7H2,1-4H3,(H,14,15). The Morgan fingerprint density at radius 3 is 2.29 bits per heavy atom. The van der Waals surface area contributed by atoms with Crippen LogP contribution < -0.4 is 9.47 Å². The van der Waals surface area contributed by atoms with Gasteiger partial charge in [0.1, 0.15) is 11.5 Å². The van der Waals surface area contributed by atoms with Crippen LogP contribution in [0.5, 0.6) is 11.5 Å². The maximum Gasteiger partial charge on any atom is 0.306 e. The van der Waals surface area contributed by atoms with Crippen LogP contribution in [0.4, 0.5) is 0 Å². The molecular weight excluding hydrogens is 220 g/mol. The number of hydrogen-bond acceptors (Lipinski definition) is 3. The number of hydrogen-bond donors (Lipinski definition) is 1. The molecule has 1 aromatic carbocycles. The summed E-state index contributed by atoms with van der Waals surface area (Å²) in [7, 11) is 3.18. The van der Waals surface area contributed by atoms with Gasteiger partial charge in [0, 0.05) is 5.56 Å². The zero-order valence-electron chi connectivity index (χ0n) is 10.6. The summed E-state index contributed by atoms with van der Waals surface area (Å²) in [5.41, 5.74) is 1.82. The molecule has 0 radical (unpaired) electrons. The summed E-state index contributed by atoms with van der Waals surface area (Å²) in [6.45, 7) is 3.59. The van der Waals surface area contributed by atoms with E-state index >= 15 is 0 Å². The van der Waals surface area contributed by atoms with Gasteiger partial charge in [0.15, 0.2) is 0 Å². The van der Waals surface area contributed by atoms with Crippen molar-refractivity contribution in [3.8, 4) is 11.5 Å². The van der Waals surface area contributed by atoms with Gasteiger partial charge in [0.2, 0.25) is 0 Å². The van der Waals surface area contributed by atoms with E-state index in [1.807, 2.05) is 13.0 Å². The second-order valence-electron chi connectivity index (χ2n) is 4.02. The van der Waals surface area contributed by atoms with E-state index in [-0.39, 0.29) is 0 Å². The lowest BCUT2D eigenvalue weighted by molar-refractivity contribution is -0.141. The number of benzene rings is 1. The van der Waals surface area contributed by atoms with Crippen LogP contribution >= 0.6 is 0 Å². The lowest BCUT2D eigenvalue weighted by Gasteiger charge is -2.16. The number of rotatable bonds is 5. The fourth-order valence-corrected chi connectivity index (χ4v) is 1.77. The van der Waals surface area contributed by atoms with Crippen LogP contribution in [0.2, 0.25) is 0 Å². The van der Waals surface area contributed by atoms with Gasteiger partial charge in [-0.25, -0.2) is 0 Å². The molecule has 1 N–H and O–H groups in total. The van der Waals surface area contributed by atoms with E-state index in [0.717, 1.165) is 16.9 Å². The van der Waals surface area contributed by atoms with Gasteiger partial charge in [-0.1, -0.05) is 6.92 Å². The molecule has 1 rings (SSSR count). The molecule has 0 aromatic heterocycles. The summed E-state index contributed by atoms with van der Waals surface area (Å²) in [6.07, 6.45) is 0.432. The molecule has 4 heteroatoms. The number of carboxylic acid groups (broad SMARTS) is 1. The highest BCUT2D eigenvalue weighted by atomic mass is 16.5. The van der Waals surface area contributed by atoms with Crippen molar-refractivity contribution in [2.45, 2.75) is 20.3 Å². The highest BCUT2D eigenvalue weighted by Crippen LogP contribution is 2.31. The molecule has 0 aliphatic carbocycles. The first kappa shape index (κ1) is 13.4. The van der Waals surface area contributed by atoms with E-state index in [1.165, 1.54) is 0 Å². The fourth-order valence-electron chi connectivity index (χ4n) is 1.77. The SMILES string of the molecule is COc1ccc(OC)c(CC(C)C(=O)O)c1C. The second-order valence-corrected chi connectivity index (χ2v) is 4.02. The molecule has 0 aliphatic rings. The molecule has 4 nitrogen and oxygen atoms in total. The zero-order chi connectivity index (χ0) is 13.0. The van der Waals surface area contributed by atoms with E-state index in [0.29, 0.717) is 12.2 Å². The van der Waals surface area contributed by atoms with E-state index < -0.39 is 11.9 Å². The smallest absolute Gasteiger partial charge is 0.306 e. The Balaban J connectivity index is 3.14. The normalized spacial score (nSPS) is 12.0. The highest BCUT2D eigenvalue weighted by molar-refractivity contribution is 5.70. The third-order valence-electron chi connectivity index (χ3n) is 2.88. The number of carboxylic acids is 1. The Morgan fingerprint density at radius 1 is 1.29 bits per heavy atom. The monoisotopic (exact) mass is 238 g/mol. The Morgan fingerprint density at radius 2 is 1.82 bits per heavy atom. The predicted molar refractivity (Wildman–Crippen MR) is 64.8 cm³/mol. The third-order valence-corrected chi connectivity index (χ3v) is 2.88. The first-order valence-corrected chi connectivity index (χ1v) is 5.44. The van der Waals surface area contributed by atoms with Crippen LogP contribution in [0.15, 0.2) is 12.1 Å². The molecule has 0 fully saturated rings. The number of carbonyl (C=O) groups is 1. The highest BCUT2D eigenvalue weighted by Gasteiger charge is 2.18. The Labute approximate surface area is 101 Å². The second kappa shape index (κ2) is 5.57. The van der Waals surface area contributed by atoms with Crippen LogP contribution in [0.25, 0.3) is 0 Å². The van der Waals surface area contributed by atoms with Gasteiger partial charge in [-0.05, 0) is 31.0 Å². The van der Waals surface area contributed by atoms with E-state index in [2.05, 4.69) is 0 Å². The van der Waals surface area contributed by atoms with Gasteiger partial charge in [0.05, 0.1) is 20.1 Å². The fraction of sp³-hybridized carbons (Fsp3) is 0.462. The lowest BCUT2D eigenvalue weighted by atomic mass is 9.96. The average molecular weight is 238 g/mol. The summed E-state index contributed by atoms with van der Waals surface area (Å²) in [6, 6.07) is 3.62. The van der Waals surface area contributed by atoms with Crippen LogP contribution in [0.3, 0.4) is 0 Å². The Bertz CT molecular complexity index is 412. The zero-order valence-corrected chi connectivity index (χ0v) is 10.6. The van der Waals surface area contributed by atoms with Crippen molar-refractivity contribution in [1.29, 1.82) is 0 Å². The number of ether oxygens (including phenoxy) is 2. The first-order valence-electron chi connectivity index (χ1n) is 5.44. The van der Waals surface area contributed by atoms with Gasteiger partial charge in [-0.3, -0.25) is 4.79 Å². The Kier molecular flexibility index (Phi) is 4.37. The third kappa shape index (κ3) is 2.90. The lowest BCUT2D eigenvalue weighted by Crippen LogP contribution is -2.14. The van der Waals surface area contributed by atoms with Gasteiger partial charge >= 0.3 is 5.97 Å². The van der Waals surface area contributed by atoms with Crippen molar-refractivity contribution in [1.82, 2.24) is 0 Å². The summed E-state index contributed by atoms with van der Waals surface area (Å²) >= 11 is 0. The summed E-state index contributed by atoms with van der Waals surface area (Å²) < 4.78 is 10.5. The number of aliphatic carboxylic acids is 1. The molecule has 0 amide bonds. The molecule has 0 bridgehead atoms. The molecule has 1 unspecified atom stereocenters. The Hall–Kier alpha value is -1.71. The molecule has 0 saturated carbocycles. The molecular formula is C13H18O4. The minimum atomic E-state index is -0.811. The molecule has 94 valence electrons. The van der Waals surface area contributed by atoms with Gasteiger partial charge in [-0.15, -0.1) is 0 Å². The maximum absolute atomic E-state index is 10.9. The summed E-state index contributed by atoms with van der Waals surface area (Å²) in [4.78, 5) is 10.9. The minimum absolute atomic E-state index is 0.432. The molecule has 1 atom stereocenters. The molecule has 0 saturated heterocycles. The topological polar surface area (TPSA) is 55.8 Å². The van der Waals surface area contributed by atoms with E-state index in [9.17, 15) is 4.79 Å². The van der Waals surface area contributed by atoms with Crippen molar-refractivity contribution in [3.63, 3.8) is 0 Å². The van der Waals surface area contributed by atoms with Crippen molar-refractivity contribution in [2.75, 3.05) is 14.2 Å². The first-order chi connectivity index (χ1) is 8.01. The van der Waals surface area contributed by atoms with Crippen molar-refractivity contribution in [2.24, 2.45) is 5.92 Å². The summed E-state index contributed by atoms with van der Waals surface area (Å²) in [5, 5.41) is 8.95. The average Bonchev–Trinajstić information content (AvgIpc) is 2.31. The maximum atomic E-state index is 10.9. The molecule has 0 heterocycles. The van der Waals surface area contributed by atoms with Crippen LogP contribution in [-0.2, 0) is 11.2 Å². The van der Waals surface area contributed by atoms with Crippen molar-refractivity contribution >= 4 is 5.97 Å². The minimum Gasteiger partial charge on any atom is -0.496 e. The van der Waals surface area contributed by atoms with Crippen molar-refractivity contribution < 1.29 is 19.4 Å². The van der Waals surface area contributed by atoms with Crippen molar-refractivity contribution in [3.05, 3.63) is 23.3 Å². The van der Waals surface area contributed by atoms with Gasteiger partial charge in [-0.2, -0.15) is 0 Å². The van der Waals surface area contributed by atoms with E-state index in [4.69, 9.17) is 14.6 Å². The number of methoxy groups -OCH3 is 2. The largest absolute Gasteiger partial charge is 0.496 e.